The maximum atomic E-state index is 12.9. The van der Waals surface area contributed by atoms with Crippen molar-refractivity contribution in [2.75, 3.05) is 6.54 Å². The maximum Gasteiger partial charge on any atom is 0.245 e. The lowest BCUT2D eigenvalue weighted by Crippen LogP contribution is -2.30. The molecule has 1 aromatic carbocycles. The summed E-state index contributed by atoms with van der Waals surface area (Å²) in [4.78, 5) is 4.65. The van der Waals surface area contributed by atoms with Crippen LogP contribution in [0, 0.1) is 0 Å². The zero-order valence-electron chi connectivity index (χ0n) is 12.4. The lowest BCUT2D eigenvalue weighted by Gasteiger charge is -2.21. The maximum absolute atomic E-state index is 12.9. The fourth-order valence-corrected chi connectivity index (χ4v) is 4.68. The van der Waals surface area contributed by atoms with Crippen LogP contribution in [0.2, 0.25) is 5.02 Å². The molecule has 2 fully saturated rings. The molecule has 0 bridgehead atoms. The summed E-state index contributed by atoms with van der Waals surface area (Å²) in [5.41, 5.74) is 0. The van der Waals surface area contributed by atoms with E-state index in [1.165, 1.54) is 16.4 Å². The minimum Gasteiger partial charge on any atom is -0.338 e. The molecule has 8 heteroatoms. The third kappa shape index (κ3) is 2.77. The molecule has 2 heterocycles. The molecule has 1 aliphatic carbocycles. The van der Waals surface area contributed by atoms with Crippen molar-refractivity contribution < 1.29 is 12.9 Å². The Kier molecular flexibility index (Phi) is 3.66. The third-order valence-electron chi connectivity index (χ3n) is 4.31. The smallest absolute Gasteiger partial charge is 0.245 e. The van der Waals surface area contributed by atoms with Gasteiger partial charge in [0, 0.05) is 17.5 Å². The van der Waals surface area contributed by atoms with Crippen LogP contribution in [0.5, 0.6) is 0 Å². The predicted molar refractivity (Wildman–Crippen MR) is 83.6 cm³/mol. The average Bonchev–Trinajstić information content (AvgIpc) is 3.07. The Balaban J connectivity index is 1.64. The van der Waals surface area contributed by atoms with E-state index in [0.29, 0.717) is 35.6 Å². The number of nitrogens with zero attached hydrogens (tertiary/aromatic N) is 3. The zero-order chi connectivity index (χ0) is 16.0. The summed E-state index contributed by atoms with van der Waals surface area (Å²) in [7, 11) is -3.60. The number of hydrogen-bond donors (Lipinski definition) is 0. The number of rotatable bonds is 4. The minimum absolute atomic E-state index is 0.232. The molecule has 0 spiro atoms. The highest BCUT2D eigenvalue weighted by Gasteiger charge is 2.40. The topological polar surface area (TPSA) is 76.3 Å². The van der Waals surface area contributed by atoms with E-state index in [9.17, 15) is 8.42 Å². The lowest BCUT2D eigenvalue weighted by molar-refractivity contribution is 0.289. The highest BCUT2D eigenvalue weighted by molar-refractivity contribution is 7.89. The normalized spacial score (nSPS) is 22.6. The van der Waals surface area contributed by atoms with Gasteiger partial charge in [0.1, 0.15) is 6.04 Å². The van der Waals surface area contributed by atoms with Crippen molar-refractivity contribution in [3.05, 3.63) is 41.0 Å². The van der Waals surface area contributed by atoms with Crippen LogP contribution >= 0.6 is 11.6 Å². The van der Waals surface area contributed by atoms with Crippen LogP contribution in [0.4, 0.5) is 0 Å². The van der Waals surface area contributed by atoms with Gasteiger partial charge in [0.25, 0.3) is 0 Å². The van der Waals surface area contributed by atoms with E-state index in [1.807, 2.05) is 0 Å². The molecule has 1 aliphatic heterocycles. The van der Waals surface area contributed by atoms with Crippen molar-refractivity contribution in [2.24, 2.45) is 0 Å². The van der Waals surface area contributed by atoms with Crippen LogP contribution in [0.25, 0.3) is 0 Å². The molecule has 0 amide bonds. The Morgan fingerprint density at radius 3 is 2.61 bits per heavy atom. The Hall–Kier alpha value is -1.44. The Bertz CT molecular complexity index is 815. The first-order valence-electron chi connectivity index (χ1n) is 7.66. The van der Waals surface area contributed by atoms with Gasteiger partial charge in [-0.2, -0.15) is 9.29 Å². The molecule has 2 aliphatic rings. The van der Waals surface area contributed by atoms with E-state index in [1.54, 1.807) is 12.1 Å². The molecule has 1 atom stereocenters. The number of sulfonamides is 1. The van der Waals surface area contributed by atoms with Gasteiger partial charge in [0.05, 0.1) is 4.90 Å². The largest absolute Gasteiger partial charge is 0.338 e. The molecule has 23 heavy (non-hydrogen) atoms. The van der Waals surface area contributed by atoms with Gasteiger partial charge in [0.15, 0.2) is 5.82 Å². The molecule has 1 aromatic heterocycles. The van der Waals surface area contributed by atoms with Crippen LogP contribution in [-0.4, -0.2) is 29.4 Å². The van der Waals surface area contributed by atoms with Gasteiger partial charge in [0.2, 0.25) is 15.9 Å². The summed E-state index contributed by atoms with van der Waals surface area (Å²) in [5, 5.41) is 4.51. The quantitative estimate of drug-likeness (QED) is 0.844. The van der Waals surface area contributed by atoms with Crippen molar-refractivity contribution in [3.8, 4) is 0 Å². The SMILES string of the molecule is O=S(=O)(c1ccc(Cl)cc1)N1CCCC1c1nc(C2CC2)no1. The van der Waals surface area contributed by atoms with E-state index in [4.69, 9.17) is 16.1 Å². The summed E-state index contributed by atoms with van der Waals surface area (Å²) in [5.74, 6) is 1.49. The Labute approximate surface area is 139 Å². The second-order valence-electron chi connectivity index (χ2n) is 5.99. The first-order chi connectivity index (χ1) is 11.1. The number of hydrogen-bond acceptors (Lipinski definition) is 5. The number of halogens is 1. The van der Waals surface area contributed by atoms with Crippen LogP contribution in [0.15, 0.2) is 33.7 Å². The van der Waals surface area contributed by atoms with Gasteiger partial charge in [-0.05, 0) is 49.9 Å². The zero-order valence-corrected chi connectivity index (χ0v) is 13.9. The standard InChI is InChI=1S/C15H16ClN3O3S/c16-11-5-7-12(8-6-11)23(20,21)19-9-1-2-13(19)15-17-14(18-22-15)10-3-4-10/h5-8,10,13H,1-4,9H2. The van der Waals surface area contributed by atoms with E-state index in [-0.39, 0.29) is 10.9 Å². The van der Waals surface area contributed by atoms with Crippen LogP contribution in [-0.2, 0) is 10.0 Å². The summed E-state index contributed by atoms with van der Waals surface area (Å²) in [6.07, 6.45) is 3.63. The minimum atomic E-state index is -3.60. The van der Waals surface area contributed by atoms with Crippen molar-refractivity contribution >= 4 is 21.6 Å². The predicted octanol–water partition coefficient (Wildman–Crippen LogP) is 3.13. The van der Waals surface area contributed by atoms with Crippen molar-refractivity contribution in [1.29, 1.82) is 0 Å². The van der Waals surface area contributed by atoms with Gasteiger partial charge in [-0.1, -0.05) is 16.8 Å². The van der Waals surface area contributed by atoms with Crippen molar-refractivity contribution in [3.63, 3.8) is 0 Å². The summed E-state index contributed by atoms with van der Waals surface area (Å²) >= 11 is 5.84. The Morgan fingerprint density at radius 1 is 1.17 bits per heavy atom. The monoisotopic (exact) mass is 353 g/mol. The first kappa shape index (κ1) is 15.1. The number of benzene rings is 1. The fraction of sp³-hybridized carbons (Fsp3) is 0.467. The van der Waals surface area contributed by atoms with Gasteiger partial charge >= 0.3 is 0 Å². The van der Waals surface area contributed by atoms with Crippen LogP contribution < -0.4 is 0 Å². The van der Waals surface area contributed by atoms with E-state index < -0.39 is 10.0 Å². The molecule has 6 nitrogen and oxygen atoms in total. The summed E-state index contributed by atoms with van der Waals surface area (Å²) in [6.45, 7) is 0.455. The average molecular weight is 354 g/mol. The third-order valence-corrected chi connectivity index (χ3v) is 6.48. The second kappa shape index (κ2) is 5.58. The Morgan fingerprint density at radius 2 is 1.91 bits per heavy atom. The second-order valence-corrected chi connectivity index (χ2v) is 8.32. The molecule has 2 aromatic rings. The first-order valence-corrected chi connectivity index (χ1v) is 9.48. The van der Waals surface area contributed by atoms with Gasteiger partial charge in [-0.15, -0.1) is 0 Å². The van der Waals surface area contributed by atoms with E-state index in [2.05, 4.69) is 10.1 Å². The molecule has 1 saturated carbocycles. The lowest BCUT2D eigenvalue weighted by atomic mass is 10.2. The molecule has 122 valence electrons. The van der Waals surface area contributed by atoms with Crippen LogP contribution in [0.1, 0.15) is 49.4 Å². The highest BCUT2D eigenvalue weighted by atomic mass is 35.5. The van der Waals surface area contributed by atoms with Crippen molar-refractivity contribution in [1.82, 2.24) is 14.4 Å². The summed E-state index contributed by atoms with van der Waals surface area (Å²) in [6, 6.07) is 5.83. The van der Waals surface area contributed by atoms with Crippen LogP contribution in [0.3, 0.4) is 0 Å². The van der Waals surface area contributed by atoms with Crippen molar-refractivity contribution in [2.45, 2.75) is 42.5 Å². The molecular formula is C15H16ClN3O3S. The molecule has 0 N–H and O–H groups in total. The molecular weight excluding hydrogens is 338 g/mol. The molecule has 0 radical (unpaired) electrons. The highest BCUT2D eigenvalue weighted by Crippen LogP contribution is 2.40. The molecule has 1 unspecified atom stereocenters. The number of aromatic nitrogens is 2. The fourth-order valence-electron chi connectivity index (χ4n) is 2.91. The van der Waals surface area contributed by atoms with E-state index >= 15 is 0 Å². The van der Waals surface area contributed by atoms with Gasteiger partial charge in [-0.25, -0.2) is 8.42 Å². The molecule has 1 saturated heterocycles. The van der Waals surface area contributed by atoms with Gasteiger partial charge in [-0.3, -0.25) is 0 Å². The van der Waals surface area contributed by atoms with Gasteiger partial charge < -0.3 is 4.52 Å². The van der Waals surface area contributed by atoms with E-state index in [0.717, 1.165) is 19.3 Å². The molecule has 4 rings (SSSR count). The summed E-state index contributed by atoms with van der Waals surface area (Å²) < 4.78 is 32.6.